The van der Waals surface area contributed by atoms with E-state index in [2.05, 4.69) is 10.3 Å². The van der Waals surface area contributed by atoms with Crippen molar-refractivity contribution in [3.63, 3.8) is 0 Å². The largest absolute Gasteiger partial charge is 0.381 e. The second-order valence-corrected chi connectivity index (χ2v) is 5.44. The van der Waals surface area contributed by atoms with Crippen LogP contribution in [-0.4, -0.2) is 15.0 Å². The van der Waals surface area contributed by atoms with E-state index in [-0.39, 0.29) is 17.5 Å². The number of hydrogen-bond acceptors (Lipinski definition) is 3. The molecule has 2 N–H and O–H groups in total. The maximum absolute atomic E-state index is 13.7. The Kier molecular flexibility index (Phi) is 3.26. The molecule has 1 aromatic carbocycles. The van der Waals surface area contributed by atoms with E-state index in [4.69, 9.17) is 5.73 Å². The van der Waals surface area contributed by atoms with Crippen LogP contribution in [-0.2, 0) is 12.0 Å². The van der Waals surface area contributed by atoms with Crippen molar-refractivity contribution in [3.8, 4) is 0 Å². The smallest absolute Gasteiger partial charge is 0.169 e. The van der Waals surface area contributed by atoms with Crippen molar-refractivity contribution in [3.05, 3.63) is 41.1 Å². The lowest BCUT2D eigenvalue weighted by Gasteiger charge is -2.20. The van der Waals surface area contributed by atoms with Crippen LogP contribution in [0.1, 0.15) is 32.0 Å². The van der Waals surface area contributed by atoms with Gasteiger partial charge >= 0.3 is 0 Å². The van der Waals surface area contributed by atoms with E-state index >= 15 is 0 Å². The maximum Gasteiger partial charge on any atom is 0.169 e. The van der Waals surface area contributed by atoms with Crippen LogP contribution >= 0.6 is 0 Å². The fourth-order valence-electron chi connectivity index (χ4n) is 2.04. The summed E-state index contributed by atoms with van der Waals surface area (Å²) >= 11 is 0. The summed E-state index contributed by atoms with van der Waals surface area (Å²) in [6, 6.07) is 4.06. The molecule has 4 nitrogen and oxygen atoms in total. The van der Waals surface area contributed by atoms with Crippen molar-refractivity contribution in [1.29, 1.82) is 0 Å². The van der Waals surface area contributed by atoms with Crippen LogP contribution in [0.2, 0.25) is 0 Å². The molecule has 0 saturated carbocycles. The lowest BCUT2D eigenvalue weighted by molar-refractivity contribution is 0.472. The number of benzene rings is 1. The Labute approximate surface area is 110 Å². The Bertz CT molecular complexity index is 599. The fourth-order valence-corrected chi connectivity index (χ4v) is 2.04. The summed E-state index contributed by atoms with van der Waals surface area (Å²) in [5.74, 6) is -1.43. The van der Waals surface area contributed by atoms with Crippen molar-refractivity contribution in [1.82, 2.24) is 15.0 Å². The van der Waals surface area contributed by atoms with Crippen molar-refractivity contribution in [2.24, 2.45) is 0 Å². The Morgan fingerprint density at radius 2 is 1.95 bits per heavy atom. The number of nitrogens with two attached hydrogens (primary N) is 1. The highest BCUT2D eigenvalue weighted by atomic mass is 19.2. The molecule has 0 fully saturated rings. The van der Waals surface area contributed by atoms with Crippen LogP contribution in [0.15, 0.2) is 18.2 Å². The monoisotopic (exact) mass is 266 g/mol. The molecule has 0 spiro atoms. The molecule has 0 atom stereocenters. The summed E-state index contributed by atoms with van der Waals surface area (Å²) in [6.45, 7) is 5.97. The molecule has 6 heteroatoms. The lowest BCUT2D eigenvalue weighted by Crippen LogP contribution is -2.21. The third-order valence-corrected chi connectivity index (χ3v) is 2.82. The minimum absolute atomic E-state index is 0.0976. The first-order chi connectivity index (χ1) is 8.80. The number of hydrogen-bond donors (Lipinski definition) is 1. The SMILES string of the molecule is CC(C)(C)c1c(N)nnn1Cc1cccc(F)c1F. The first-order valence-electron chi connectivity index (χ1n) is 5.93. The Balaban J connectivity index is 2.42. The number of anilines is 1. The molecule has 0 unspecified atom stereocenters. The number of aromatic nitrogens is 3. The van der Waals surface area contributed by atoms with Gasteiger partial charge in [0, 0.05) is 11.0 Å². The standard InChI is InChI=1S/C13H16F2N4/c1-13(2,3)11-12(16)17-18-19(11)7-8-5-4-6-9(14)10(8)15/h4-6H,7,16H2,1-3H3. The summed E-state index contributed by atoms with van der Waals surface area (Å²) in [6.07, 6.45) is 0. The van der Waals surface area contributed by atoms with E-state index in [0.717, 1.165) is 6.07 Å². The zero-order chi connectivity index (χ0) is 14.2. The van der Waals surface area contributed by atoms with Crippen molar-refractivity contribution in [2.75, 3.05) is 5.73 Å². The quantitative estimate of drug-likeness (QED) is 0.908. The molecule has 0 bridgehead atoms. The summed E-state index contributed by atoms with van der Waals surface area (Å²) in [4.78, 5) is 0. The molecule has 2 aromatic rings. The Hall–Kier alpha value is -1.98. The van der Waals surface area contributed by atoms with E-state index in [1.165, 1.54) is 16.8 Å². The van der Waals surface area contributed by atoms with Gasteiger partial charge in [0.2, 0.25) is 0 Å². The minimum atomic E-state index is -0.872. The molecule has 0 aliphatic carbocycles. The lowest BCUT2D eigenvalue weighted by atomic mass is 9.91. The molecule has 0 amide bonds. The van der Waals surface area contributed by atoms with E-state index in [1.807, 2.05) is 20.8 Å². The molecule has 2 rings (SSSR count). The van der Waals surface area contributed by atoms with Gasteiger partial charge in [-0.1, -0.05) is 38.1 Å². The van der Waals surface area contributed by atoms with Gasteiger partial charge in [-0.05, 0) is 6.07 Å². The summed E-state index contributed by atoms with van der Waals surface area (Å²) < 4.78 is 28.3. The van der Waals surface area contributed by atoms with Gasteiger partial charge in [-0.2, -0.15) is 0 Å². The van der Waals surface area contributed by atoms with E-state index in [0.29, 0.717) is 11.5 Å². The highest BCUT2D eigenvalue weighted by Gasteiger charge is 2.24. The second-order valence-electron chi connectivity index (χ2n) is 5.44. The van der Waals surface area contributed by atoms with Crippen molar-refractivity contribution >= 4 is 5.82 Å². The van der Waals surface area contributed by atoms with Crippen LogP contribution in [0, 0.1) is 11.6 Å². The maximum atomic E-state index is 13.7. The number of nitrogen functional groups attached to an aromatic ring is 1. The third-order valence-electron chi connectivity index (χ3n) is 2.82. The van der Waals surface area contributed by atoms with Gasteiger partial charge in [-0.15, -0.1) is 5.10 Å². The molecule has 1 heterocycles. The molecule has 0 aliphatic heterocycles. The molecule has 0 aliphatic rings. The molecular weight excluding hydrogens is 250 g/mol. The minimum Gasteiger partial charge on any atom is -0.381 e. The van der Waals surface area contributed by atoms with Crippen molar-refractivity contribution < 1.29 is 8.78 Å². The van der Waals surface area contributed by atoms with Crippen molar-refractivity contribution in [2.45, 2.75) is 32.7 Å². The normalized spacial score (nSPS) is 11.8. The summed E-state index contributed by atoms with van der Waals surface area (Å²) in [5.41, 5.74) is 6.43. The van der Waals surface area contributed by atoms with Crippen LogP contribution in [0.5, 0.6) is 0 Å². The van der Waals surface area contributed by atoms with E-state index < -0.39 is 11.6 Å². The highest BCUT2D eigenvalue weighted by molar-refractivity contribution is 5.38. The number of nitrogens with zero attached hydrogens (tertiary/aromatic N) is 3. The zero-order valence-electron chi connectivity index (χ0n) is 11.1. The predicted molar refractivity (Wildman–Crippen MR) is 68.6 cm³/mol. The number of halogens is 2. The third kappa shape index (κ3) is 2.57. The van der Waals surface area contributed by atoms with Gasteiger partial charge in [0.1, 0.15) is 0 Å². The Morgan fingerprint density at radius 3 is 2.58 bits per heavy atom. The average Bonchev–Trinajstić information content (AvgIpc) is 2.66. The summed E-state index contributed by atoms with van der Waals surface area (Å²) in [5, 5.41) is 7.71. The Morgan fingerprint density at radius 1 is 1.26 bits per heavy atom. The van der Waals surface area contributed by atoms with Gasteiger partial charge in [-0.3, -0.25) is 0 Å². The van der Waals surface area contributed by atoms with E-state index in [9.17, 15) is 8.78 Å². The first-order valence-corrected chi connectivity index (χ1v) is 5.93. The zero-order valence-corrected chi connectivity index (χ0v) is 11.1. The van der Waals surface area contributed by atoms with E-state index in [1.54, 1.807) is 0 Å². The van der Waals surface area contributed by atoms with Crippen LogP contribution in [0.4, 0.5) is 14.6 Å². The molecular formula is C13H16F2N4. The second kappa shape index (κ2) is 4.60. The molecule has 0 radical (unpaired) electrons. The molecule has 0 saturated heterocycles. The molecule has 19 heavy (non-hydrogen) atoms. The highest BCUT2D eigenvalue weighted by Crippen LogP contribution is 2.26. The molecule has 102 valence electrons. The average molecular weight is 266 g/mol. The van der Waals surface area contributed by atoms with Gasteiger partial charge in [-0.25, -0.2) is 13.5 Å². The van der Waals surface area contributed by atoms with Gasteiger partial charge < -0.3 is 5.73 Å². The fraction of sp³-hybridized carbons (Fsp3) is 0.385. The first kappa shape index (κ1) is 13.5. The topological polar surface area (TPSA) is 56.7 Å². The summed E-state index contributed by atoms with van der Waals surface area (Å²) in [7, 11) is 0. The van der Waals surface area contributed by atoms with Crippen LogP contribution < -0.4 is 5.73 Å². The molecule has 1 aromatic heterocycles. The van der Waals surface area contributed by atoms with Crippen LogP contribution in [0.3, 0.4) is 0 Å². The predicted octanol–water partition coefficient (Wildman–Crippen LogP) is 2.48. The van der Waals surface area contributed by atoms with Crippen LogP contribution in [0.25, 0.3) is 0 Å². The van der Waals surface area contributed by atoms with Gasteiger partial charge in [0.05, 0.1) is 12.2 Å². The van der Waals surface area contributed by atoms with Gasteiger partial charge in [0.15, 0.2) is 17.5 Å². The van der Waals surface area contributed by atoms with Gasteiger partial charge in [0.25, 0.3) is 0 Å². The number of rotatable bonds is 2.